The first-order valence-corrected chi connectivity index (χ1v) is 6.39. The second-order valence-electron chi connectivity index (χ2n) is 4.93. The predicted octanol–water partition coefficient (Wildman–Crippen LogP) is 2.41. The average Bonchev–Trinajstić information content (AvgIpc) is 2.46. The van der Waals surface area contributed by atoms with Crippen LogP contribution in [-0.4, -0.2) is 11.9 Å². The smallest absolute Gasteiger partial charge is 0.247 e. The fourth-order valence-electron chi connectivity index (χ4n) is 2.51. The first-order valence-electron chi connectivity index (χ1n) is 6.39. The van der Waals surface area contributed by atoms with Gasteiger partial charge in [-0.3, -0.25) is 4.79 Å². The summed E-state index contributed by atoms with van der Waals surface area (Å²) in [4.78, 5) is 13.8. The molecule has 96 valence electrons. The maximum Gasteiger partial charge on any atom is 0.247 e. The van der Waals surface area contributed by atoms with E-state index in [1.54, 1.807) is 4.90 Å². The number of amides is 1. The Morgan fingerprint density at radius 3 is 2.26 bits per heavy atom. The van der Waals surface area contributed by atoms with E-state index in [4.69, 9.17) is 5.73 Å². The standard InChI is InChI=1S/C16H16N2O/c1-11-7-9-12(10-8-11)15-14(17)16(19)18(15)13-5-3-2-4-6-13/h2-10,14-15H,17H2,1H3. The van der Waals surface area contributed by atoms with Gasteiger partial charge in [0, 0.05) is 5.69 Å². The number of para-hydroxylation sites is 1. The van der Waals surface area contributed by atoms with Crippen LogP contribution >= 0.6 is 0 Å². The maximum atomic E-state index is 12.0. The summed E-state index contributed by atoms with van der Waals surface area (Å²) in [6, 6.07) is 17.4. The second kappa shape index (κ2) is 4.52. The van der Waals surface area contributed by atoms with Crippen LogP contribution in [0.15, 0.2) is 54.6 Å². The Morgan fingerprint density at radius 2 is 1.63 bits per heavy atom. The van der Waals surface area contributed by atoms with Crippen molar-refractivity contribution in [2.75, 3.05) is 4.90 Å². The van der Waals surface area contributed by atoms with Crippen molar-refractivity contribution in [2.24, 2.45) is 5.73 Å². The lowest BCUT2D eigenvalue weighted by Crippen LogP contribution is -2.63. The summed E-state index contributed by atoms with van der Waals surface area (Å²) < 4.78 is 0. The summed E-state index contributed by atoms with van der Waals surface area (Å²) in [6.45, 7) is 2.05. The molecule has 1 aliphatic rings. The molecule has 0 aliphatic carbocycles. The predicted molar refractivity (Wildman–Crippen MR) is 75.8 cm³/mol. The summed E-state index contributed by atoms with van der Waals surface area (Å²) in [6.07, 6.45) is 0. The Bertz CT molecular complexity index is 592. The van der Waals surface area contributed by atoms with E-state index in [9.17, 15) is 4.79 Å². The summed E-state index contributed by atoms with van der Waals surface area (Å²) in [5.41, 5.74) is 9.16. The van der Waals surface area contributed by atoms with E-state index < -0.39 is 6.04 Å². The molecule has 2 atom stereocenters. The van der Waals surface area contributed by atoms with Crippen molar-refractivity contribution in [3.8, 4) is 0 Å². The number of aryl methyl sites for hydroxylation is 1. The minimum Gasteiger partial charge on any atom is -0.318 e. The molecule has 1 saturated heterocycles. The second-order valence-corrected chi connectivity index (χ2v) is 4.93. The number of nitrogens with two attached hydrogens (primary N) is 1. The molecule has 2 aromatic carbocycles. The Labute approximate surface area is 112 Å². The van der Waals surface area contributed by atoms with Crippen LogP contribution in [0.2, 0.25) is 0 Å². The molecule has 3 heteroatoms. The third-order valence-corrected chi connectivity index (χ3v) is 3.59. The molecule has 1 aliphatic heterocycles. The van der Waals surface area contributed by atoms with E-state index in [0.717, 1.165) is 11.3 Å². The van der Waals surface area contributed by atoms with Gasteiger partial charge >= 0.3 is 0 Å². The molecule has 0 radical (unpaired) electrons. The molecule has 2 N–H and O–H groups in total. The van der Waals surface area contributed by atoms with E-state index in [1.807, 2.05) is 61.5 Å². The van der Waals surface area contributed by atoms with Crippen LogP contribution in [0.1, 0.15) is 17.2 Å². The van der Waals surface area contributed by atoms with Crippen molar-refractivity contribution < 1.29 is 4.79 Å². The largest absolute Gasteiger partial charge is 0.318 e. The molecule has 1 fully saturated rings. The number of β-lactam (4-membered cyclic amide) rings is 1. The van der Waals surface area contributed by atoms with Gasteiger partial charge in [0.25, 0.3) is 0 Å². The number of carbonyl (C=O) groups excluding carboxylic acids is 1. The lowest BCUT2D eigenvalue weighted by Gasteiger charge is -2.45. The summed E-state index contributed by atoms with van der Waals surface area (Å²) in [7, 11) is 0. The van der Waals surface area contributed by atoms with Crippen molar-refractivity contribution in [1.82, 2.24) is 0 Å². The van der Waals surface area contributed by atoms with Gasteiger partial charge in [-0.2, -0.15) is 0 Å². The van der Waals surface area contributed by atoms with Crippen LogP contribution in [-0.2, 0) is 4.79 Å². The number of hydrogen-bond donors (Lipinski definition) is 1. The maximum absolute atomic E-state index is 12.0. The quantitative estimate of drug-likeness (QED) is 0.834. The van der Waals surface area contributed by atoms with Crippen molar-refractivity contribution in [3.63, 3.8) is 0 Å². The minimum absolute atomic E-state index is 0.0169. The van der Waals surface area contributed by atoms with Gasteiger partial charge in [-0.1, -0.05) is 48.0 Å². The topological polar surface area (TPSA) is 46.3 Å². The molecule has 3 nitrogen and oxygen atoms in total. The molecule has 0 aromatic heterocycles. The molecular weight excluding hydrogens is 236 g/mol. The lowest BCUT2D eigenvalue weighted by molar-refractivity contribution is -0.126. The van der Waals surface area contributed by atoms with Crippen LogP contribution in [0.25, 0.3) is 0 Å². The molecule has 3 rings (SSSR count). The Morgan fingerprint density at radius 1 is 1.00 bits per heavy atom. The van der Waals surface area contributed by atoms with Crippen LogP contribution in [0, 0.1) is 6.92 Å². The highest BCUT2D eigenvalue weighted by Crippen LogP contribution is 2.37. The monoisotopic (exact) mass is 252 g/mol. The fraction of sp³-hybridized carbons (Fsp3) is 0.188. The zero-order valence-corrected chi connectivity index (χ0v) is 10.8. The van der Waals surface area contributed by atoms with Crippen LogP contribution in [0.4, 0.5) is 5.69 Å². The van der Waals surface area contributed by atoms with Gasteiger partial charge in [-0.15, -0.1) is 0 Å². The molecular formula is C16H16N2O. The molecule has 1 amide bonds. The van der Waals surface area contributed by atoms with E-state index in [-0.39, 0.29) is 11.9 Å². The van der Waals surface area contributed by atoms with Gasteiger partial charge in [0.15, 0.2) is 0 Å². The number of carbonyl (C=O) groups is 1. The number of benzene rings is 2. The van der Waals surface area contributed by atoms with Gasteiger partial charge in [0.2, 0.25) is 5.91 Å². The third kappa shape index (κ3) is 1.92. The van der Waals surface area contributed by atoms with Crippen molar-refractivity contribution in [1.29, 1.82) is 0 Å². The van der Waals surface area contributed by atoms with Gasteiger partial charge < -0.3 is 10.6 Å². The minimum atomic E-state index is -0.442. The number of anilines is 1. The van der Waals surface area contributed by atoms with Crippen LogP contribution in [0.5, 0.6) is 0 Å². The van der Waals surface area contributed by atoms with E-state index >= 15 is 0 Å². The highest BCUT2D eigenvalue weighted by molar-refractivity contribution is 6.05. The van der Waals surface area contributed by atoms with Crippen LogP contribution < -0.4 is 10.6 Å². The Hall–Kier alpha value is -2.13. The molecule has 0 bridgehead atoms. The molecule has 0 spiro atoms. The first kappa shape index (κ1) is 11.9. The molecule has 1 heterocycles. The fourth-order valence-corrected chi connectivity index (χ4v) is 2.51. The zero-order chi connectivity index (χ0) is 13.4. The molecule has 0 saturated carbocycles. The third-order valence-electron chi connectivity index (χ3n) is 3.59. The number of hydrogen-bond acceptors (Lipinski definition) is 2. The van der Waals surface area contributed by atoms with E-state index in [2.05, 4.69) is 0 Å². The first-order chi connectivity index (χ1) is 9.18. The number of rotatable bonds is 2. The zero-order valence-electron chi connectivity index (χ0n) is 10.8. The van der Waals surface area contributed by atoms with Crippen molar-refractivity contribution >= 4 is 11.6 Å². The van der Waals surface area contributed by atoms with E-state index in [0.29, 0.717) is 0 Å². The van der Waals surface area contributed by atoms with E-state index in [1.165, 1.54) is 5.56 Å². The summed E-state index contributed by atoms with van der Waals surface area (Å²) in [5.74, 6) is -0.0169. The van der Waals surface area contributed by atoms with Crippen LogP contribution in [0.3, 0.4) is 0 Å². The highest BCUT2D eigenvalue weighted by atomic mass is 16.2. The van der Waals surface area contributed by atoms with Gasteiger partial charge in [-0.25, -0.2) is 0 Å². The average molecular weight is 252 g/mol. The SMILES string of the molecule is Cc1ccc(C2C(N)C(=O)N2c2ccccc2)cc1. The molecule has 19 heavy (non-hydrogen) atoms. The molecule has 2 unspecified atom stereocenters. The Kier molecular flexibility index (Phi) is 2.84. The molecule has 2 aromatic rings. The van der Waals surface area contributed by atoms with Gasteiger partial charge in [0.1, 0.15) is 6.04 Å². The lowest BCUT2D eigenvalue weighted by atomic mass is 9.88. The number of nitrogens with zero attached hydrogens (tertiary/aromatic N) is 1. The van der Waals surface area contributed by atoms with Crippen molar-refractivity contribution in [3.05, 3.63) is 65.7 Å². The Balaban J connectivity index is 1.96. The highest BCUT2D eigenvalue weighted by Gasteiger charge is 2.46. The van der Waals surface area contributed by atoms with Gasteiger partial charge in [0.05, 0.1) is 6.04 Å². The normalized spacial score (nSPS) is 22.2. The summed E-state index contributed by atoms with van der Waals surface area (Å²) in [5, 5.41) is 0. The summed E-state index contributed by atoms with van der Waals surface area (Å²) >= 11 is 0. The van der Waals surface area contributed by atoms with Gasteiger partial charge in [-0.05, 0) is 24.6 Å². The van der Waals surface area contributed by atoms with Crippen molar-refractivity contribution in [2.45, 2.75) is 19.0 Å².